The molecule has 0 aliphatic carbocycles. The number of morpholine rings is 1. The van der Waals surface area contributed by atoms with Crippen molar-refractivity contribution in [3.05, 3.63) is 29.3 Å². The number of benzene rings is 1. The number of rotatable bonds is 6. The molecule has 1 amide bonds. The van der Waals surface area contributed by atoms with E-state index in [1.54, 1.807) is 24.0 Å². The number of hydrogen-bond acceptors (Lipinski definition) is 6. The first-order chi connectivity index (χ1) is 13.0. The first-order valence-electron chi connectivity index (χ1n) is 8.79. The van der Waals surface area contributed by atoms with Gasteiger partial charge in [0, 0.05) is 25.2 Å². The fraction of sp³-hybridized carbons (Fsp3) is 0.474. The molecular weight excluding hydrogens is 352 g/mol. The average Bonchev–Trinajstić information content (AvgIpc) is 2.66. The molecule has 8 nitrogen and oxygen atoms in total. The summed E-state index contributed by atoms with van der Waals surface area (Å²) in [6, 6.07) is 5.49. The summed E-state index contributed by atoms with van der Waals surface area (Å²) < 4.78 is 16.6. The van der Waals surface area contributed by atoms with Crippen LogP contribution in [0.1, 0.15) is 5.56 Å². The third-order valence-corrected chi connectivity index (χ3v) is 4.55. The van der Waals surface area contributed by atoms with Gasteiger partial charge in [0.25, 0.3) is 5.91 Å². The maximum absolute atomic E-state index is 12.9. The predicted octanol–water partition coefficient (Wildman–Crippen LogP) is 0.715. The largest absolute Gasteiger partial charge is 0.497 e. The van der Waals surface area contributed by atoms with Crippen molar-refractivity contribution in [3.63, 3.8) is 0 Å². The van der Waals surface area contributed by atoms with E-state index in [0.29, 0.717) is 37.6 Å². The van der Waals surface area contributed by atoms with Crippen molar-refractivity contribution in [2.24, 2.45) is 0 Å². The highest BCUT2D eigenvalue weighted by Gasteiger charge is 2.28. The van der Waals surface area contributed by atoms with Gasteiger partial charge in [-0.05, 0) is 31.3 Å². The Morgan fingerprint density at radius 2 is 2.22 bits per heavy atom. The number of carboxylic acid groups (broad SMARTS) is 1. The fourth-order valence-corrected chi connectivity index (χ4v) is 3.27. The number of methoxy groups -OCH3 is 1. The van der Waals surface area contributed by atoms with Crippen LogP contribution in [-0.4, -0.2) is 86.4 Å². The molecule has 1 atom stereocenters. The van der Waals surface area contributed by atoms with Crippen molar-refractivity contribution >= 4 is 18.0 Å². The highest BCUT2D eigenvalue weighted by molar-refractivity contribution is 5.99. The second-order valence-corrected chi connectivity index (χ2v) is 6.70. The van der Waals surface area contributed by atoms with Gasteiger partial charge >= 0.3 is 5.97 Å². The molecule has 1 aromatic carbocycles. The van der Waals surface area contributed by atoms with E-state index in [1.165, 1.54) is 0 Å². The van der Waals surface area contributed by atoms with Crippen LogP contribution in [0.3, 0.4) is 0 Å². The normalized spacial score (nSPS) is 19.1. The molecule has 146 valence electrons. The summed E-state index contributed by atoms with van der Waals surface area (Å²) in [5, 5.41) is 8.86. The molecule has 0 saturated carbocycles. The van der Waals surface area contributed by atoms with Gasteiger partial charge in [0.15, 0.2) is 0 Å². The summed E-state index contributed by atoms with van der Waals surface area (Å²) in [5.41, 5.74) is 1.39. The maximum atomic E-state index is 12.9. The monoisotopic (exact) mass is 376 g/mol. The second kappa shape index (κ2) is 8.41. The van der Waals surface area contributed by atoms with Gasteiger partial charge in [-0.1, -0.05) is 0 Å². The summed E-state index contributed by atoms with van der Waals surface area (Å²) in [6.45, 7) is 1.96. The zero-order chi connectivity index (χ0) is 19.4. The Kier molecular flexibility index (Phi) is 5.98. The van der Waals surface area contributed by atoms with Gasteiger partial charge in [-0.2, -0.15) is 0 Å². The Bertz CT molecular complexity index is 748. The smallest absolute Gasteiger partial charge is 0.317 e. The number of carbonyl (C=O) groups is 2. The molecule has 1 saturated heterocycles. The van der Waals surface area contributed by atoms with Gasteiger partial charge in [-0.25, -0.2) is 0 Å². The lowest BCUT2D eigenvalue weighted by molar-refractivity contribution is -0.140. The third kappa shape index (κ3) is 4.78. The SMILES string of the molecule is COc1ccc2c(c1)C=C(C(=O)N1CCOC(CN(C)CC(=O)O)C1)CO2. The van der Waals surface area contributed by atoms with Crippen molar-refractivity contribution in [2.45, 2.75) is 6.10 Å². The number of hydrogen-bond donors (Lipinski definition) is 1. The van der Waals surface area contributed by atoms with Gasteiger partial charge in [-0.15, -0.1) is 0 Å². The van der Waals surface area contributed by atoms with Crippen molar-refractivity contribution in [1.82, 2.24) is 9.80 Å². The minimum absolute atomic E-state index is 0.0641. The lowest BCUT2D eigenvalue weighted by Gasteiger charge is -2.35. The van der Waals surface area contributed by atoms with Crippen LogP contribution in [0.4, 0.5) is 0 Å². The van der Waals surface area contributed by atoms with Crippen molar-refractivity contribution in [3.8, 4) is 11.5 Å². The van der Waals surface area contributed by atoms with Gasteiger partial charge in [0.2, 0.25) is 0 Å². The molecule has 2 aliphatic heterocycles. The molecule has 0 spiro atoms. The first kappa shape index (κ1) is 19.2. The lowest BCUT2D eigenvalue weighted by atomic mass is 10.1. The second-order valence-electron chi connectivity index (χ2n) is 6.70. The molecule has 2 aliphatic rings. The molecule has 27 heavy (non-hydrogen) atoms. The molecule has 0 aromatic heterocycles. The zero-order valence-electron chi connectivity index (χ0n) is 15.5. The summed E-state index contributed by atoms with van der Waals surface area (Å²) in [4.78, 5) is 27.1. The van der Waals surface area contributed by atoms with E-state index >= 15 is 0 Å². The molecular formula is C19H24N2O6. The van der Waals surface area contributed by atoms with Crippen LogP contribution in [0.25, 0.3) is 6.08 Å². The Hall–Kier alpha value is -2.58. The summed E-state index contributed by atoms with van der Waals surface area (Å²) in [7, 11) is 3.32. The van der Waals surface area contributed by atoms with Crippen LogP contribution in [0.15, 0.2) is 23.8 Å². The summed E-state index contributed by atoms with van der Waals surface area (Å²) in [6.07, 6.45) is 1.62. The number of aliphatic carboxylic acids is 1. The number of fused-ring (bicyclic) bond motifs is 1. The Labute approximate surface area is 157 Å². The fourth-order valence-electron chi connectivity index (χ4n) is 3.27. The van der Waals surface area contributed by atoms with E-state index in [4.69, 9.17) is 19.3 Å². The Morgan fingerprint density at radius 1 is 1.41 bits per heavy atom. The summed E-state index contributed by atoms with van der Waals surface area (Å²) in [5.74, 6) is 0.454. The van der Waals surface area contributed by atoms with Crippen molar-refractivity contribution in [1.29, 1.82) is 0 Å². The molecule has 1 aromatic rings. The van der Waals surface area contributed by atoms with Crippen LogP contribution in [0.5, 0.6) is 11.5 Å². The number of nitrogens with zero attached hydrogens (tertiary/aromatic N) is 2. The van der Waals surface area contributed by atoms with E-state index < -0.39 is 5.97 Å². The van der Waals surface area contributed by atoms with Gasteiger partial charge in [0.05, 0.1) is 31.9 Å². The Morgan fingerprint density at radius 3 is 2.96 bits per heavy atom. The molecule has 1 fully saturated rings. The quantitative estimate of drug-likeness (QED) is 0.782. The Balaban J connectivity index is 1.66. The van der Waals surface area contributed by atoms with Crippen LogP contribution in [0.2, 0.25) is 0 Å². The van der Waals surface area contributed by atoms with Crippen LogP contribution in [-0.2, 0) is 14.3 Å². The molecule has 3 rings (SSSR count). The molecule has 1 N–H and O–H groups in total. The number of ether oxygens (including phenoxy) is 3. The minimum Gasteiger partial charge on any atom is -0.497 e. The van der Waals surface area contributed by atoms with Crippen molar-refractivity contribution in [2.75, 3.05) is 53.6 Å². The number of amides is 1. The number of likely N-dealkylation sites (N-methyl/N-ethyl adjacent to an activating group) is 1. The van der Waals surface area contributed by atoms with Gasteiger partial charge in [-0.3, -0.25) is 14.5 Å². The summed E-state index contributed by atoms with van der Waals surface area (Å²) >= 11 is 0. The molecule has 0 bridgehead atoms. The van der Waals surface area contributed by atoms with E-state index in [2.05, 4.69) is 0 Å². The van der Waals surface area contributed by atoms with Crippen LogP contribution < -0.4 is 9.47 Å². The van der Waals surface area contributed by atoms with Crippen LogP contribution in [0, 0.1) is 0 Å². The molecule has 2 heterocycles. The first-order valence-corrected chi connectivity index (χ1v) is 8.79. The highest BCUT2D eigenvalue weighted by atomic mass is 16.5. The van der Waals surface area contributed by atoms with Crippen LogP contribution >= 0.6 is 0 Å². The molecule has 8 heteroatoms. The maximum Gasteiger partial charge on any atom is 0.317 e. The number of carboxylic acids is 1. The highest BCUT2D eigenvalue weighted by Crippen LogP contribution is 2.30. The van der Waals surface area contributed by atoms with E-state index in [0.717, 1.165) is 11.3 Å². The van der Waals surface area contributed by atoms with Crippen molar-refractivity contribution < 1.29 is 28.9 Å². The lowest BCUT2D eigenvalue weighted by Crippen LogP contribution is -2.50. The topological polar surface area (TPSA) is 88.5 Å². The molecule has 0 radical (unpaired) electrons. The van der Waals surface area contributed by atoms with E-state index in [-0.39, 0.29) is 25.2 Å². The van der Waals surface area contributed by atoms with Gasteiger partial charge < -0.3 is 24.2 Å². The average molecular weight is 376 g/mol. The van der Waals surface area contributed by atoms with E-state index in [9.17, 15) is 9.59 Å². The van der Waals surface area contributed by atoms with Gasteiger partial charge in [0.1, 0.15) is 18.1 Å². The molecule has 1 unspecified atom stereocenters. The predicted molar refractivity (Wildman–Crippen MR) is 97.9 cm³/mol. The number of carbonyl (C=O) groups excluding carboxylic acids is 1. The minimum atomic E-state index is -0.889. The van der Waals surface area contributed by atoms with E-state index in [1.807, 2.05) is 24.3 Å². The standard InChI is InChI=1S/C19H24N2O6/c1-20(11-18(22)23)9-16-10-21(5-6-26-16)19(24)14-7-13-8-15(25-2)3-4-17(13)27-12-14/h3-4,7-8,16H,5-6,9-12H2,1-2H3,(H,22,23). The zero-order valence-corrected chi connectivity index (χ0v) is 15.5. The third-order valence-electron chi connectivity index (χ3n) is 4.55.